The van der Waals surface area contributed by atoms with Crippen LogP contribution in [0.1, 0.15) is 32.4 Å². The van der Waals surface area contributed by atoms with Crippen LogP contribution in [0, 0.1) is 5.82 Å². The Kier molecular flexibility index (Phi) is 5.94. The monoisotopic (exact) mass is 247 g/mol. The Morgan fingerprint density at radius 1 is 1.38 bits per heavy atom. The van der Waals surface area contributed by atoms with Crippen LogP contribution in [0.25, 0.3) is 0 Å². The molecule has 1 aromatic carbocycles. The van der Waals surface area contributed by atoms with Crippen molar-refractivity contribution in [2.45, 2.75) is 32.4 Å². The Hall–Kier alpha value is -0.640. The summed E-state index contributed by atoms with van der Waals surface area (Å²) in [6, 6.07) is 6.05. The van der Waals surface area contributed by atoms with Crippen LogP contribution in [0.3, 0.4) is 0 Å². The second kappa shape index (κ2) is 6.18. The van der Waals surface area contributed by atoms with Crippen molar-refractivity contribution in [3.8, 4) is 0 Å². The Balaban J connectivity index is 0.00000225. The maximum atomic E-state index is 12.9. The van der Waals surface area contributed by atoms with Gasteiger partial charge in [0.05, 0.1) is 6.10 Å². The topological polar surface area (TPSA) is 32.3 Å². The fourth-order valence-electron chi connectivity index (χ4n) is 1.23. The highest BCUT2D eigenvalue weighted by atomic mass is 35.5. The molecule has 2 N–H and O–H groups in total. The molecule has 1 unspecified atom stereocenters. The molecule has 0 aliphatic carbocycles. The van der Waals surface area contributed by atoms with Gasteiger partial charge in [-0.15, -0.1) is 12.4 Å². The van der Waals surface area contributed by atoms with E-state index in [1.54, 1.807) is 12.1 Å². The second-order valence-corrected chi connectivity index (χ2v) is 4.70. The summed E-state index contributed by atoms with van der Waals surface area (Å²) in [5.74, 6) is -0.317. The molecule has 0 spiro atoms. The predicted molar refractivity (Wildman–Crippen MR) is 66.4 cm³/mol. The normalized spacial score (nSPS) is 13.1. The van der Waals surface area contributed by atoms with E-state index in [4.69, 9.17) is 0 Å². The van der Waals surface area contributed by atoms with Gasteiger partial charge in [0.15, 0.2) is 0 Å². The first-order valence-corrected chi connectivity index (χ1v) is 5.07. The number of nitrogens with one attached hydrogen (secondary N) is 1. The van der Waals surface area contributed by atoms with Gasteiger partial charge >= 0.3 is 0 Å². The molecular formula is C12H19ClFNO. The van der Waals surface area contributed by atoms with Crippen molar-refractivity contribution in [1.82, 2.24) is 5.32 Å². The van der Waals surface area contributed by atoms with Crippen molar-refractivity contribution in [3.63, 3.8) is 0 Å². The largest absolute Gasteiger partial charge is 0.387 e. The van der Waals surface area contributed by atoms with E-state index < -0.39 is 6.10 Å². The molecule has 92 valence electrons. The molecule has 0 saturated carbocycles. The molecule has 0 saturated heterocycles. The molecule has 0 fully saturated rings. The summed E-state index contributed by atoms with van der Waals surface area (Å²) in [6.45, 7) is 6.48. The van der Waals surface area contributed by atoms with Crippen molar-refractivity contribution in [2.24, 2.45) is 0 Å². The number of aliphatic hydroxyl groups is 1. The van der Waals surface area contributed by atoms with E-state index in [1.165, 1.54) is 12.1 Å². The van der Waals surface area contributed by atoms with Gasteiger partial charge in [-0.1, -0.05) is 12.1 Å². The van der Waals surface area contributed by atoms with Crippen LogP contribution in [0.4, 0.5) is 4.39 Å². The molecule has 0 aliphatic heterocycles. The van der Waals surface area contributed by atoms with Gasteiger partial charge in [0.2, 0.25) is 0 Å². The van der Waals surface area contributed by atoms with Crippen LogP contribution in [0.15, 0.2) is 24.3 Å². The first-order valence-electron chi connectivity index (χ1n) is 5.07. The highest BCUT2D eigenvalue weighted by molar-refractivity contribution is 5.85. The molecule has 1 atom stereocenters. The van der Waals surface area contributed by atoms with Crippen molar-refractivity contribution in [2.75, 3.05) is 6.54 Å². The van der Waals surface area contributed by atoms with Gasteiger partial charge in [0.25, 0.3) is 0 Å². The minimum Gasteiger partial charge on any atom is -0.387 e. The zero-order valence-corrected chi connectivity index (χ0v) is 10.6. The lowest BCUT2D eigenvalue weighted by molar-refractivity contribution is 0.163. The summed E-state index contributed by atoms with van der Waals surface area (Å²) in [5.41, 5.74) is 0.556. The molecule has 0 heterocycles. The maximum absolute atomic E-state index is 12.9. The molecule has 1 aromatic rings. The smallest absolute Gasteiger partial charge is 0.123 e. The summed E-state index contributed by atoms with van der Waals surface area (Å²) in [6.07, 6.45) is -0.667. The van der Waals surface area contributed by atoms with Crippen LogP contribution in [-0.2, 0) is 0 Å². The quantitative estimate of drug-likeness (QED) is 0.861. The van der Waals surface area contributed by atoms with E-state index in [9.17, 15) is 9.50 Å². The number of aliphatic hydroxyl groups excluding tert-OH is 1. The van der Waals surface area contributed by atoms with Gasteiger partial charge in [0, 0.05) is 12.1 Å². The van der Waals surface area contributed by atoms with Crippen molar-refractivity contribution in [3.05, 3.63) is 35.6 Å². The van der Waals surface area contributed by atoms with E-state index in [0.717, 1.165) is 0 Å². The molecular weight excluding hydrogens is 229 g/mol. The molecule has 0 radical (unpaired) electrons. The van der Waals surface area contributed by atoms with Gasteiger partial charge in [-0.2, -0.15) is 0 Å². The lowest BCUT2D eigenvalue weighted by Crippen LogP contribution is -2.38. The third-order valence-electron chi connectivity index (χ3n) is 2.06. The van der Waals surface area contributed by atoms with Gasteiger partial charge in [0.1, 0.15) is 5.82 Å². The molecule has 0 aliphatic rings. The zero-order chi connectivity index (χ0) is 11.5. The van der Waals surface area contributed by atoms with Crippen LogP contribution in [-0.4, -0.2) is 17.2 Å². The van der Waals surface area contributed by atoms with E-state index in [1.807, 2.05) is 20.8 Å². The molecule has 16 heavy (non-hydrogen) atoms. The average Bonchev–Trinajstić information content (AvgIpc) is 2.13. The fraction of sp³-hybridized carbons (Fsp3) is 0.500. The number of hydrogen-bond donors (Lipinski definition) is 2. The summed E-state index contributed by atoms with van der Waals surface area (Å²) < 4.78 is 12.9. The Morgan fingerprint density at radius 2 is 2.00 bits per heavy atom. The van der Waals surface area contributed by atoms with Gasteiger partial charge in [-0.3, -0.25) is 0 Å². The summed E-state index contributed by atoms with van der Waals surface area (Å²) in [7, 11) is 0. The lowest BCUT2D eigenvalue weighted by atomic mass is 10.1. The zero-order valence-electron chi connectivity index (χ0n) is 9.83. The van der Waals surface area contributed by atoms with Gasteiger partial charge in [-0.25, -0.2) is 4.39 Å². The minimum absolute atomic E-state index is 0. The molecule has 2 nitrogen and oxygen atoms in total. The van der Waals surface area contributed by atoms with Crippen LogP contribution >= 0.6 is 12.4 Å². The Bertz CT molecular complexity index is 325. The number of β-amino-alcohol motifs (C(OH)–C–C–N with tert-alkyl or cyclic N) is 1. The van der Waals surface area contributed by atoms with E-state index in [-0.39, 0.29) is 23.8 Å². The molecule has 0 amide bonds. The minimum atomic E-state index is -0.667. The summed E-state index contributed by atoms with van der Waals surface area (Å²) in [4.78, 5) is 0. The summed E-state index contributed by atoms with van der Waals surface area (Å²) in [5, 5.41) is 12.9. The number of benzene rings is 1. The van der Waals surface area contributed by atoms with Crippen LogP contribution < -0.4 is 5.32 Å². The molecule has 1 rings (SSSR count). The fourth-order valence-corrected chi connectivity index (χ4v) is 1.23. The van der Waals surface area contributed by atoms with E-state index in [0.29, 0.717) is 12.1 Å². The third kappa shape index (κ3) is 5.45. The lowest BCUT2D eigenvalue weighted by Gasteiger charge is -2.23. The first kappa shape index (κ1) is 15.4. The van der Waals surface area contributed by atoms with Crippen molar-refractivity contribution >= 4 is 12.4 Å². The number of rotatable bonds is 3. The van der Waals surface area contributed by atoms with Gasteiger partial charge < -0.3 is 10.4 Å². The maximum Gasteiger partial charge on any atom is 0.123 e. The molecule has 0 bridgehead atoms. The van der Waals surface area contributed by atoms with E-state index in [2.05, 4.69) is 5.32 Å². The van der Waals surface area contributed by atoms with Crippen LogP contribution in [0.2, 0.25) is 0 Å². The summed E-state index contributed by atoms with van der Waals surface area (Å²) >= 11 is 0. The predicted octanol–water partition coefficient (Wildman–Crippen LogP) is 2.67. The third-order valence-corrected chi connectivity index (χ3v) is 2.06. The van der Waals surface area contributed by atoms with Crippen LogP contribution in [0.5, 0.6) is 0 Å². The van der Waals surface area contributed by atoms with Crippen molar-refractivity contribution in [1.29, 1.82) is 0 Å². The number of hydrogen-bond acceptors (Lipinski definition) is 2. The Labute approximate surface area is 102 Å². The number of halogens is 2. The average molecular weight is 248 g/mol. The standard InChI is InChI=1S/C12H18FNO.ClH/c1-12(2,3)14-8-11(15)9-5-4-6-10(13)7-9;/h4-7,11,14-15H,8H2,1-3H3;1H. The second-order valence-electron chi connectivity index (χ2n) is 4.70. The first-order chi connectivity index (χ1) is 6.88. The molecule has 0 aromatic heterocycles. The highest BCUT2D eigenvalue weighted by Crippen LogP contribution is 2.14. The van der Waals surface area contributed by atoms with Gasteiger partial charge in [-0.05, 0) is 38.5 Å². The SMILES string of the molecule is CC(C)(C)NCC(O)c1cccc(F)c1.Cl. The van der Waals surface area contributed by atoms with Crippen molar-refractivity contribution < 1.29 is 9.50 Å². The molecule has 4 heteroatoms. The van der Waals surface area contributed by atoms with E-state index >= 15 is 0 Å². The highest BCUT2D eigenvalue weighted by Gasteiger charge is 2.13. The Morgan fingerprint density at radius 3 is 2.50 bits per heavy atom.